The first kappa shape index (κ1) is 15.0. The third-order valence-corrected chi connectivity index (χ3v) is 3.02. The lowest BCUT2D eigenvalue weighted by molar-refractivity contribution is 0.101. The van der Waals surface area contributed by atoms with Gasteiger partial charge in [-0.2, -0.15) is 0 Å². The van der Waals surface area contributed by atoms with E-state index in [1.54, 1.807) is 43.3 Å². The van der Waals surface area contributed by atoms with Crippen LogP contribution in [0, 0.1) is 12.7 Å². The van der Waals surface area contributed by atoms with E-state index in [4.69, 9.17) is 9.47 Å². The molecule has 0 aliphatic carbocycles. The summed E-state index contributed by atoms with van der Waals surface area (Å²) in [5.41, 5.74) is 1.12. The number of aryl methyl sites for hydroxylation is 1. The molecule has 2 aromatic rings. The van der Waals surface area contributed by atoms with Crippen LogP contribution < -0.4 is 9.47 Å². The molecule has 0 spiro atoms. The number of hydrogen-bond donors (Lipinski definition) is 0. The Morgan fingerprint density at radius 1 is 1.10 bits per heavy atom. The second-order valence-electron chi connectivity index (χ2n) is 4.66. The number of halogens is 1. The van der Waals surface area contributed by atoms with Crippen LogP contribution in [-0.2, 0) is 0 Å². The lowest BCUT2D eigenvalue weighted by atomic mass is 10.1. The first-order valence-corrected chi connectivity index (χ1v) is 6.69. The zero-order valence-corrected chi connectivity index (χ0v) is 12.1. The maximum Gasteiger partial charge on any atom is 0.163 e. The molecule has 3 nitrogen and oxygen atoms in total. The molecule has 4 heteroatoms. The Morgan fingerprint density at radius 3 is 2.52 bits per heavy atom. The van der Waals surface area contributed by atoms with Crippen molar-refractivity contribution in [2.75, 3.05) is 13.2 Å². The van der Waals surface area contributed by atoms with Crippen molar-refractivity contribution in [3.8, 4) is 11.5 Å². The van der Waals surface area contributed by atoms with Gasteiger partial charge in [-0.1, -0.05) is 18.2 Å². The average molecular weight is 288 g/mol. The summed E-state index contributed by atoms with van der Waals surface area (Å²) in [4.78, 5) is 11.4. The van der Waals surface area contributed by atoms with E-state index in [9.17, 15) is 9.18 Å². The Balaban J connectivity index is 1.87. The van der Waals surface area contributed by atoms with E-state index in [2.05, 4.69) is 0 Å². The minimum Gasteiger partial charge on any atom is -0.490 e. The SMILES string of the molecule is CC(=O)c1ccccc1OCCOc1ccc(C)c(F)c1. The number of carbonyl (C=O) groups excluding carboxylic acids is 1. The molecule has 2 aromatic carbocycles. The number of ether oxygens (including phenoxy) is 2. The van der Waals surface area contributed by atoms with Gasteiger partial charge in [0.15, 0.2) is 5.78 Å². The molecule has 2 rings (SSSR count). The summed E-state index contributed by atoms with van der Waals surface area (Å²) >= 11 is 0. The summed E-state index contributed by atoms with van der Waals surface area (Å²) in [6.07, 6.45) is 0. The molecule has 0 heterocycles. The molecule has 0 unspecified atom stereocenters. The van der Waals surface area contributed by atoms with Crippen LogP contribution in [0.1, 0.15) is 22.8 Å². The largest absolute Gasteiger partial charge is 0.490 e. The predicted molar refractivity (Wildman–Crippen MR) is 78.6 cm³/mol. The molecular weight excluding hydrogens is 271 g/mol. The van der Waals surface area contributed by atoms with Crippen molar-refractivity contribution in [3.05, 3.63) is 59.4 Å². The van der Waals surface area contributed by atoms with E-state index in [0.717, 1.165) is 0 Å². The number of Topliss-reactive ketones (excluding diaryl/α,β-unsaturated/α-hetero) is 1. The summed E-state index contributed by atoms with van der Waals surface area (Å²) < 4.78 is 24.3. The fourth-order valence-corrected chi connectivity index (χ4v) is 1.86. The second-order valence-corrected chi connectivity index (χ2v) is 4.66. The summed E-state index contributed by atoms with van der Waals surface area (Å²) in [6, 6.07) is 11.8. The van der Waals surface area contributed by atoms with Crippen LogP contribution in [-0.4, -0.2) is 19.0 Å². The third-order valence-electron chi connectivity index (χ3n) is 3.02. The standard InChI is InChI=1S/C17H17FO3/c1-12-7-8-14(11-16(12)18)20-9-10-21-17-6-4-3-5-15(17)13(2)19/h3-8,11H,9-10H2,1-2H3. The van der Waals surface area contributed by atoms with Crippen LogP contribution in [0.5, 0.6) is 11.5 Å². The predicted octanol–water partition coefficient (Wildman–Crippen LogP) is 3.79. The van der Waals surface area contributed by atoms with Gasteiger partial charge in [-0.05, 0) is 37.6 Å². The monoisotopic (exact) mass is 288 g/mol. The maximum atomic E-state index is 13.3. The van der Waals surface area contributed by atoms with Crippen LogP contribution in [0.3, 0.4) is 0 Å². The van der Waals surface area contributed by atoms with Gasteiger partial charge in [0.2, 0.25) is 0 Å². The molecule has 0 fully saturated rings. The van der Waals surface area contributed by atoms with Gasteiger partial charge in [0, 0.05) is 6.07 Å². The highest BCUT2D eigenvalue weighted by atomic mass is 19.1. The zero-order valence-electron chi connectivity index (χ0n) is 12.1. The molecule has 110 valence electrons. The molecule has 0 atom stereocenters. The Labute approximate surface area is 123 Å². The lowest BCUT2D eigenvalue weighted by Gasteiger charge is -2.11. The van der Waals surface area contributed by atoms with Crippen molar-refractivity contribution < 1.29 is 18.7 Å². The van der Waals surface area contributed by atoms with Crippen molar-refractivity contribution in [3.63, 3.8) is 0 Å². The van der Waals surface area contributed by atoms with Crippen molar-refractivity contribution in [1.29, 1.82) is 0 Å². The quantitative estimate of drug-likeness (QED) is 0.599. The van der Waals surface area contributed by atoms with Gasteiger partial charge in [-0.25, -0.2) is 4.39 Å². The van der Waals surface area contributed by atoms with Crippen molar-refractivity contribution in [2.24, 2.45) is 0 Å². The molecule has 0 aliphatic rings. The summed E-state index contributed by atoms with van der Waals surface area (Å²) in [7, 11) is 0. The summed E-state index contributed by atoms with van der Waals surface area (Å²) in [6.45, 7) is 3.74. The van der Waals surface area contributed by atoms with Gasteiger partial charge < -0.3 is 9.47 Å². The number of rotatable bonds is 6. The maximum absolute atomic E-state index is 13.3. The zero-order chi connectivity index (χ0) is 15.2. The molecule has 0 amide bonds. The molecule has 21 heavy (non-hydrogen) atoms. The van der Waals surface area contributed by atoms with E-state index in [0.29, 0.717) is 22.6 Å². The van der Waals surface area contributed by atoms with Crippen molar-refractivity contribution in [1.82, 2.24) is 0 Å². The number of hydrogen-bond acceptors (Lipinski definition) is 3. The lowest BCUT2D eigenvalue weighted by Crippen LogP contribution is -2.10. The highest BCUT2D eigenvalue weighted by molar-refractivity contribution is 5.96. The van der Waals surface area contributed by atoms with Crippen LogP contribution in [0.2, 0.25) is 0 Å². The molecule has 0 aromatic heterocycles. The molecule has 0 bridgehead atoms. The summed E-state index contributed by atoms with van der Waals surface area (Å²) in [5, 5.41) is 0. The van der Waals surface area contributed by atoms with Crippen molar-refractivity contribution >= 4 is 5.78 Å². The summed E-state index contributed by atoms with van der Waals surface area (Å²) in [5.74, 6) is 0.646. The van der Waals surface area contributed by atoms with E-state index < -0.39 is 0 Å². The first-order chi connectivity index (χ1) is 10.1. The van der Waals surface area contributed by atoms with Crippen LogP contribution >= 0.6 is 0 Å². The number of carbonyl (C=O) groups is 1. The smallest absolute Gasteiger partial charge is 0.163 e. The van der Waals surface area contributed by atoms with Crippen LogP contribution in [0.25, 0.3) is 0 Å². The normalized spacial score (nSPS) is 10.2. The number of ketones is 1. The van der Waals surface area contributed by atoms with E-state index in [1.807, 2.05) is 0 Å². The van der Waals surface area contributed by atoms with Crippen LogP contribution in [0.4, 0.5) is 4.39 Å². The molecule has 0 aliphatic heterocycles. The van der Waals surface area contributed by atoms with Gasteiger partial charge in [0.1, 0.15) is 30.5 Å². The molecule has 0 saturated heterocycles. The number of para-hydroxylation sites is 1. The van der Waals surface area contributed by atoms with Gasteiger partial charge in [0.05, 0.1) is 5.56 Å². The highest BCUT2D eigenvalue weighted by Gasteiger charge is 2.07. The fraction of sp³-hybridized carbons (Fsp3) is 0.235. The number of benzene rings is 2. The molecule has 0 saturated carbocycles. The Hall–Kier alpha value is -2.36. The molecule has 0 radical (unpaired) electrons. The topological polar surface area (TPSA) is 35.5 Å². The molecule has 0 N–H and O–H groups in total. The van der Waals surface area contributed by atoms with Gasteiger partial charge >= 0.3 is 0 Å². The average Bonchev–Trinajstić information content (AvgIpc) is 2.47. The van der Waals surface area contributed by atoms with Crippen molar-refractivity contribution in [2.45, 2.75) is 13.8 Å². The van der Waals surface area contributed by atoms with Gasteiger partial charge in [-0.15, -0.1) is 0 Å². The minimum absolute atomic E-state index is 0.0490. The van der Waals surface area contributed by atoms with Crippen LogP contribution in [0.15, 0.2) is 42.5 Å². The Morgan fingerprint density at radius 2 is 1.81 bits per heavy atom. The van der Waals surface area contributed by atoms with E-state index in [-0.39, 0.29) is 24.8 Å². The minimum atomic E-state index is -0.296. The first-order valence-electron chi connectivity index (χ1n) is 6.69. The Bertz CT molecular complexity index is 638. The molecular formula is C17H17FO3. The van der Waals surface area contributed by atoms with E-state index in [1.165, 1.54) is 13.0 Å². The second kappa shape index (κ2) is 6.88. The third kappa shape index (κ3) is 4.05. The Kier molecular flexibility index (Phi) is 4.93. The fourth-order valence-electron chi connectivity index (χ4n) is 1.86. The van der Waals surface area contributed by atoms with E-state index >= 15 is 0 Å². The van der Waals surface area contributed by atoms with Gasteiger partial charge in [0.25, 0.3) is 0 Å². The highest BCUT2D eigenvalue weighted by Crippen LogP contribution is 2.19. The van der Waals surface area contributed by atoms with Gasteiger partial charge in [-0.3, -0.25) is 4.79 Å².